The Hall–Kier alpha value is -1.75. The maximum atomic E-state index is 12.8. The van der Waals surface area contributed by atoms with Gasteiger partial charge in [-0.05, 0) is 66.6 Å². The fourth-order valence-electron chi connectivity index (χ4n) is 4.28. The van der Waals surface area contributed by atoms with E-state index in [0.29, 0.717) is 23.5 Å². The fourth-order valence-corrected chi connectivity index (χ4v) is 4.49. The molecule has 0 radical (unpaired) electrons. The van der Waals surface area contributed by atoms with Gasteiger partial charge in [0.1, 0.15) is 12.4 Å². The van der Waals surface area contributed by atoms with Gasteiger partial charge in [-0.25, -0.2) is 0 Å². The highest BCUT2D eigenvalue weighted by molar-refractivity contribution is 6.30. The van der Waals surface area contributed by atoms with Crippen LogP contribution in [0, 0.1) is 5.41 Å². The number of nitrogens with zero attached hydrogens (tertiary/aromatic N) is 1. The van der Waals surface area contributed by atoms with Crippen molar-refractivity contribution >= 4 is 29.9 Å². The lowest BCUT2D eigenvalue weighted by Gasteiger charge is -2.39. The Bertz CT molecular complexity index is 827. The zero-order valence-electron chi connectivity index (χ0n) is 16.5. The van der Waals surface area contributed by atoms with Gasteiger partial charge in [0.15, 0.2) is 0 Å². The zero-order chi connectivity index (χ0) is 19.4. The molecule has 0 bridgehead atoms. The summed E-state index contributed by atoms with van der Waals surface area (Å²) in [6.07, 6.45) is 3.92. The van der Waals surface area contributed by atoms with E-state index in [2.05, 4.69) is 5.32 Å². The van der Waals surface area contributed by atoms with Crippen molar-refractivity contribution in [1.82, 2.24) is 10.2 Å². The number of piperidine rings is 1. The van der Waals surface area contributed by atoms with Crippen molar-refractivity contribution in [2.24, 2.45) is 5.41 Å². The average molecular weight is 435 g/mol. The first kappa shape index (κ1) is 21.9. The van der Waals surface area contributed by atoms with E-state index < -0.39 is 0 Å². The lowest BCUT2D eigenvalue weighted by atomic mass is 9.78. The Morgan fingerprint density at radius 3 is 2.55 bits per heavy atom. The van der Waals surface area contributed by atoms with E-state index >= 15 is 0 Å². The Morgan fingerprint density at radius 2 is 1.83 bits per heavy atom. The van der Waals surface area contributed by atoms with Crippen molar-refractivity contribution in [3.63, 3.8) is 0 Å². The molecular formula is C23H28Cl2N2O2. The van der Waals surface area contributed by atoms with Gasteiger partial charge in [-0.2, -0.15) is 0 Å². The number of likely N-dealkylation sites (tertiary alicyclic amines) is 1. The monoisotopic (exact) mass is 434 g/mol. The Kier molecular flexibility index (Phi) is 7.44. The molecule has 1 spiro atoms. The third kappa shape index (κ3) is 5.65. The molecular weight excluding hydrogens is 407 g/mol. The van der Waals surface area contributed by atoms with Gasteiger partial charge in [-0.15, -0.1) is 12.4 Å². The topological polar surface area (TPSA) is 41.6 Å². The van der Waals surface area contributed by atoms with E-state index in [9.17, 15) is 4.79 Å². The summed E-state index contributed by atoms with van der Waals surface area (Å²) in [6, 6.07) is 15.5. The Morgan fingerprint density at radius 1 is 1.07 bits per heavy atom. The van der Waals surface area contributed by atoms with E-state index in [1.54, 1.807) is 0 Å². The van der Waals surface area contributed by atoms with Gasteiger partial charge >= 0.3 is 0 Å². The summed E-state index contributed by atoms with van der Waals surface area (Å²) >= 11 is 6.02. The second-order valence-electron chi connectivity index (χ2n) is 8.05. The van der Waals surface area contributed by atoms with E-state index in [-0.39, 0.29) is 18.3 Å². The molecule has 29 heavy (non-hydrogen) atoms. The molecule has 1 amide bonds. The van der Waals surface area contributed by atoms with Crippen LogP contribution < -0.4 is 10.1 Å². The molecule has 4 nitrogen and oxygen atoms in total. The number of rotatable bonds is 5. The number of hydrogen-bond acceptors (Lipinski definition) is 3. The summed E-state index contributed by atoms with van der Waals surface area (Å²) in [5, 5.41) is 4.18. The highest BCUT2D eigenvalue weighted by Crippen LogP contribution is 2.37. The average Bonchev–Trinajstić information content (AvgIpc) is 3.15. The summed E-state index contributed by atoms with van der Waals surface area (Å²) in [5.41, 5.74) is 2.46. The third-order valence-electron chi connectivity index (χ3n) is 6.06. The van der Waals surface area contributed by atoms with Gasteiger partial charge in [0, 0.05) is 24.7 Å². The molecule has 2 aliphatic rings. The van der Waals surface area contributed by atoms with Gasteiger partial charge in [0.25, 0.3) is 0 Å². The predicted octanol–water partition coefficient (Wildman–Crippen LogP) is 4.49. The van der Waals surface area contributed by atoms with Crippen LogP contribution in [0.2, 0.25) is 5.02 Å². The summed E-state index contributed by atoms with van der Waals surface area (Å²) in [5.74, 6) is 0.993. The zero-order valence-corrected chi connectivity index (χ0v) is 18.1. The molecule has 2 saturated heterocycles. The molecule has 2 heterocycles. The summed E-state index contributed by atoms with van der Waals surface area (Å²) in [4.78, 5) is 14.8. The van der Waals surface area contributed by atoms with Gasteiger partial charge in [-0.1, -0.05) is 35.9 Å². The molecule has 6 heteroatoms. The summed E-state index contributed by atoms with van der Waals surface area (Å²) in [7, 11) is 0. The summed E-state index contributed by atoms with van der Waals surface area (Å²) in [6.45, 7) is 4.45. The van der Waals surface area contributed by atoms with Crippen LogP contribution in [0.3, 0.4) is 0 Å². The number of carbonyl (C=O) groups excluding carboxylic acids is 1. The molecule has 2 aromatic carbocycles. The predicted molar refractivity (Wildman–Crippen MR) is 119 cm³/mol. The van der Waals surface area contributed by atoms with Crippen LogP contribution in [0.5, 0.6) is 5.75 Å². The minimum atomic E-state index is 0. The van der Waals surface area contributed by atoms with Crippen LogP contribution >= 0.6 is 24.0 Å². The fraction of sp³-hybridized carbons (Fsp3) is 0.435. The Labute approximate surface area is 184 Å². The normalized spacial score (nSPS) is 17.8. The molecule has 2 fully saturated rings. The molecule has 0 atom stereocenters. The molecule has 2 aliphatic heterocycles. The molecule has 0 aliphatic carbocycles. The molecule has 0 aromatic heterocycles. The van der Waals surface area contributed by atoms with Crippen LogP contribution in [-0.2, 0) is 17.8 Å². The molecule has 0 saturated carbocycles. The largest absolute Gasteiger partial charge is 0.489 e. The first-order valence-corrected chi connectivity index (χ1v) is 10.4. The molecule has 1 N–H and O–H groups in total. The first-order chi connectivity index (χ1) is 13.6. The van der Waals surface area contributed by atoms with Crippen molar-refractivity contribution in [3.05, 3.63) is 64.7 Å². The van der Waals surface area contributed by atoms with Gasteiger partial charge in [0.2, 0.25) is 5.91 Å². The molecule has 4 rings (SSSR count). The maximum Gasteiger partial charge on any atom is 0.226 e. The lowest BCUT2D eigenvalue weighted by Crippen LogP contribution is -2.44. The van der Waals surface area contributed by atoms with E-state index in [1.165, 1.54) is 6.42 Å². The second-order valence-corrected chi connectivity index (χ2v) is 8.49. The van der Waals surface area contributed by atoms with Crippen molar-refractivity contribution in [1.29, 1.82) is 0 Å². The number of amides is 1. The number of carbonyl (C=O) groups is 1. The van der Waals surface area contributed by atoms with Gasteiger partial charge in [0.05, 0.1) is 6.42 Å². The van der Waals surface area contributed by atoms with Crippen LogP contribution in [0.15, 0.2) is 48.5 Å². The Balaban J connectivity index is 0.00000240. The van der Waals surface area contributed by atoms with Gasteiger partial charge in [-0.3, -0.25) is 4.79 Å². The molecule has 156 valence electrons. The van der Waals surface area contributed by atoms with Crippen LogP contribution in [0.1, 0.15) is 30.4 Å². The standard InChI is InChI=1S/C23H27ClN2O2.ClH/c24-20-5-1-4-19(13-20)16-28-21-6-2-3-18(14-21)15-22(27)26-11-8-23(9-12-26)7-10-25-17-23;/h1-6,13-14,25H,7-12,15-17H2;1H. The first-order valence-electron chi connectivity index (χ1n) is 10.1. The van der Waals surface area contributed by atoms with E-state index in [1.807, 2.05) is 53.4 Å². The maximum absolute atomic E-state index is 12.8. The smallest absolute Gasteiger partial charge is 0.226 e. The lowest BCUT2D eigenvalue weighted by molar-refractivity contribution is -0.132. The minimum absolute atomic E-state index is 0. The van der Waals surface area contributed by atoms with Crippen LogP contribution in [-0.4, -0.2) is 37.0 Å². The van der Waals surface area contributed by atoms with Gasteiger partial charge < -0.3 is 15.0 Å². The number of nitrogens with one attached hydrogen (secondary N) is 1. The SMILES string of the molecule is Cl.O=C(Cc1cccc(OCc2cccc(Cl)c2)c1)N1CCC2(CCNC2)CC1. The third-order valence-corrected chi connectivity index (χ3v) is 6.29. The molecule has 0 unspecified atom stereocenters. The highest BCUT2D eigenvalue weighted by Gasteiger charge is 2.37. The van der Waals surface area contributed by atoms with Crippen LogP contribution in [0.25, 0.3) is 0 Å². The highest BCUT2D eigenvalue weighted by atomic mass is 35.5. The van der Waals surface area contributed by atoms with E-state index in [4.69, 9.17) is 16.3 Å². The quantitative estimate of drug-likeness (QED) is 0.753. The minimum Gasteiger partial charge on any atom is -0.489 e. The van der Waals surface area contributed by atoms with Crippen LogP contribution in [0.4, 0.5) is 0 Å². The van der Waals surface area contributed by atoms with Crippen molar-refractivity contribution < 1.29 is 9.53 Å². The number of benzene rings is 2. The van der Waals surface area contributed by atoms with Crippen molar-refractivity contribution in [3.8, 4) is 5.75 Å². The second kappa shape index (κ2) is 9.84. The number of ether oxygens (including phenoxy) is 1. The summed E-state index contributed by atoms with van der Waals surface area (Å²) < 4.78 is 5.89. The number of halogens is 2. The number of hydrogen-bond donors (Lipinski definition) is 1. The van der Waals surface area contributed by atoms with Crippen molar-refractivity contribution in [2.45, 2.75) is 32.3 Å². The van der Waals surface area contributed by atoms with E-state index in [0.717, 1.165) is 55.9 Å². The molecule has 2 aromatic rings. The van der Waals surface area contributed by atoms with Crippen molar-refractivity contribution in [2.75, 3.05) is 26.2 Å².